The number of hydrogen-bond acceptors (Lipinski definition) is 4. The van der Waals surface area contributed by atoms with Gasteiger partial charge in [-0.3, -0.25) is 4.55 Å². The van der Waals surface area contributed by atoms with Crippen molar-refractivity contribution >= 4 is 22.1 Å². The van der Waals surface area contributed by atoms with Crippen LogP contribution in [0.4, 0.5) is 0 Å². The summed E-state index contributed by atoms with van der Waals surface area (Å²) in [5.74, 6) is -3.01. The molecule has 0 saturated heterocycles. The van der Waals surface area contributed by atoms with Crippen LogP contribution in [-0.4, -0.2) is 35.1 Å². The van der Waals surface area contributed by atoms with E-state index in [4.69, 9.17) is 14.8 Å². The molecule has 0 atom stereocenters. The number of rotatable bonds is 3. The van der Waals surface area contributed by atoms with Crippen molar-refractivity contribution < 1.29 is 51.6 Å². The second-order valence-corrected chi connectivity index (χ2v) is 4.19. The van der Waals surface area contributed by atoms with Gasteiger partial charge in [0.1, 0.15) is 4.90 Å². The molecule has 17 heavy (non-hydrogen) atoms. The molecular formula is C8H6LiO7S+. The maximum atomic E-state index is 10.8. The van der Waals surface area contributed by atoms with Crippen LogP contribution in [0.5, 0.6) is 0 Å². The second-order valence-electron chi connectivity index (χ2n) is 2.80. The van der Waals surface area contributed by atoms with Crippen molar-refractivity contribution in [1.82, 2.24) is 0 Å². The molecule has 0 bridgehead atoms. The molecule has 0 amide bonds. The third-order valence-corrected chi connectivity index (χ3v) is 2.63. The molecule has 9 heteroatoms. The fraction of sp³-hybridized carbons (Fsp3) is 0. The molecule has 1 aromatic rings. The maximum Gasteiger partial charge on any atom is 1.00 e. The van der Waals surface area contributed by atoms with Gasteiger partial charge in [-0.25, -0.2) is 9.59 Å². The molecule has 1 aromatic carbocycles. The molecule has 0 fully saturated rings. The summed E-state index contributed by atoms with van der Waals surface area (Å²) in [5, 5.41) is 17.2. The largest absolute Gasteiger partial charge is 1.00 e. The summed E-state index contributed by atoms with van der Waals surface area (Å²) < 4.78 is 30.4. The van der Waals surface area contributed by atoms with Gasteiger partial charge in [0.2, 0.25) is 0 Å². The Bertz CT molecular complexity index is 563. The van der Waals surface area contributed by atoms with Crippen LogP contribution in [0.25, 0.3) is 0 Å². The molecule has 0 heterocycles. The number of carboxylic acid groups (broad SMARTS) is 2. The van der Waals surface area contributed by atoms with Gasteiger partial charge in [0.15, 0.2) is 0 Å². The number of hydrogen-bond donors (Lipinski definition) is 3. The van der Waals surface area contributed by atoms with E-state index in [-0.39, 0.29) is 18.9 Å². The van der Waals surface area contributed by atoms with E-state index in [0.29, 0.717) is 6.07 Å². The van der Waals surface area contributed by atoms with E-state index in [2.05, 4.69) is 0 Å². The molecule has 3 N–H and O–H groups in total. The second kappa shape index (κ2) is 5.33. The summed E-state index contributed by atoms with van der Waals surface area (Å²) in [5.41, 5.74) is -1.12. The average molecular weight is 253 g/mol. The number of benzene rings is 1. The van der Waals surface area contributed by atoms with E-state index >= 15 is 0 Å². The van der Waals surface area contributed by atoms with Gasteiger partial charge < -0.3 is 10.2 Å². The number of carboxylic acids is 2. The standard InChI is InChI=1S/C8H6O7S.Li/c9-7(10)4-1-2-5(8(11)12)6(3-4)16(13,14)15;/h1-3H,(H,9,10)(H,11,12)(H,13,14,15);/q;+1. The van der Waals surface area contributed by atoms with Crippen molar-refractivity contribution in [2.75, 3.05) is 0 Å². The Morgan fingerprint density at radius 3 is 1.94 bits per heavy atom. The van der Waals surface area contributed by atoms with Crippen LogP contribution in [0.3, 0.4) is 0 Å². The zero-order valence-electron chi connectivity index (χ0n) is 8.61. The fourth-order valence-electron chi connectivity index (χ4n) is 1.05. The Labute approximate surface area is 108 Å². The summed E-state index contributed by atoms with van der Waals surface area (Å²) >= 11 is 0. The summed E-state index contributed by atoms with van der Waals surface area (Å²) in [6.07, 6.45) is 0. The van der Waals surface area contributed by atoms with Gasteiger partial charge in [-0.05, 0) is 18.2 Å². The van der Waals surface area contributed by atoms with Gasteiger partial charge in [-0.1, -0.05) is 0 Å². The molecule has 0 aliphatic heterocycles. The maximum absolute atomic E-state index is 10.8. The predicted octanol–water partition coefficient (Wildman–Crippen LogP) is -2.67. The van der Waals surface area contributed by atoms with Crippen molar-refractivity contribution in [1.29, 1.82) is 0 Å². The molecule has 86 valence electrons. The van der Waals surface area contributed by atoms with E-state index < -0.39 is 38.1 Å². The van der Waals surface area contributed by atoms with Gasteiger partial charge >= 0.3 is 30.8 Å². The summed E-state index contributed by atoms with van der Waals surface area (Å²) in [7, 11) is -4.78. The first-order valence-electron chi connectivity index (χ1n) is 3.81. The van der Waals surface area contributed by atoms with Crippen molar-refractivity contribution in [3.8, 4) is 0 Å². The van der Waals surface area contributed by atoms with Crippen molar-refractivity contribution in [2.24, 2.45) is 0 Å². The minimum absolute atomic E-state index is 0. The minimum Gasteiger partial charge on any atom is -0.478 e. The van der Waals surface area contributed by atoms with Crippen LogP contribution < -0.4 is 18.9 Å². The zero-order valence-corrected chi connectivity index (χ0v) is 9.43. The molecule has 0 unspecified atom stereocenters. The van der Waals surface area contributed by atoms with Crippen LogP contribution >= 0.6 is 0 Å². The Hall–Kier alpha value is -1.33. The molecule has 0 radical (unpaired) electrons. The summed E-state index contributed by atoms with van der Waals surface area (Å²) in [6.45, 7) is 0. The van der Waals surface area contributed by atoms with E-state index in [1.54, 1.807) is 0 Å². The van der Waals surface area contributed by atoms with Gasteiger partial charge in [-0.15, -0.1) is 0 Å². The van der Waals surface area contributed by atoms with Crippen LogP contribution in [0, 0.1) is 0 Å². The normalized spacial score (nSPS) is 10.4. The molecule has 7 nitrogen and oxygen atoms in total. The van der Waals surface area contributed by atoms with Crippen LogP contribution in [0.15, 0.2) is 23.1 Å². The van der Waals surface area contributed by atoms with Crippen LogP contribution in [-0.2, 0) is 10.1 Å². The van der Waals surface area contributed by atoms with E-state index in [0.717, 1.165) is 12.1 Å². The van der Waals surface area contributed by atoms with Crippen molar-refractivity contribution in [3.63, 3.8) is 0 Å². The van der Waals surface area contributed by atoms with Crippen LogP contribution in [0.1, 0.15) is 20.7 Å². The van der Waals surface area contributed by atoms with E-state index in [9.17, 15) is 18.0 Å². The van der Waals surface area contributed by atoms with E-state index in [1.807, 2.05) is 0 Å². The molecule has 0 spiro atoms. The van der Waals surface area contributed by atoms with E-state index in [1.165, 1.54) is 0 Å². The quantitative estimate of drug-likeness (QED) is 0.396. The molecular weight excluding hydrogens is 247 g/mol. The molecule has 0 aliphatic rings. The van der Waals surface area contributed by atoms with Gasteiger partial charge in [-0.2, -0.15) is 8.42 Å². The average Bonchev–Trinajstić information content (AvgIpc) is 2.15. The predicted molar refractivity (Wildman–Crippen MR) is 50.2 cm³/mol. The third-order valence-electron chi connectivity index (χ3n) is 1.74. The minimum atomic E-state index is -4.78. The first kappa shape index (κ1) is 15.7. The topological polar surface area (TPSA) is 129 Å². The van der Waals surface area contributed by atoms with Gasteiger partial charge in [0.25, 0.3) is 10.1 Å². The number of carbonyl (C=O) groups is 2. The molecule has 1 rings (SSSR count). The van der Waals surface area contributed by atoms with Crippen molar-refractivity contribution in [3.05, 3.63) is 29.3 Å². The Morgan fingerprint density at radius 2 is 1.59 bits per heavy atom. The fourth-order valence-corrected chi connectivity index (χ4v) is 1.75. The third kappa shape index (κ3) is 3.57. The molecule has 0 aliphatic carbocycles. The Morgan fingerprint density at radius 1 is 1.06 bits per heavy atom. The van der Waals surface area contributed by atoms with Crippen LogP contribution in [0.2, 0.25) is 0 Å². The first-order chi connectivity index (χ1) is 7.23. The summed E-state index contributed by atoms with van der Waals surface area (Å²) in [6, 6.07) is 2.32. The number of aromatic carboxylic acids is 2. The van der Waals surface area contributed by atoms with Crippen molar-refractivity contribution in [2.45, 2.75) is 4.90 Å². The molecule has 0 saturated carbocycles. The summed E-state index contributed by atoms with van der Waals surface area (Å²) in [4.78, 5) is 20.2. The Balaban J connectivity index is 0.00000256. The Kier molecular flexibility index (Phi) is 4.91. The SMILES string of the molecule is O=C(O)c1ccc(C(=O)O)c(S(=O)(=O)O)c1.[Li+]. The monoisotopic (exact) mass is 253 g/mol. The van der Waals surface area contributed by atoms with Gasteiger partial charge in [0.05, 0.1) is 11.1 Å². The zero-order chi connectivity index (χ0) is 12.5. The molecule has 0 aromatic heterocycles. The van der Waals surface area contributed by atoms with Gasteiger partial charge in [0, 0.05) is 0 Å². The first-order valence-corrected chi connectivity index (χ1v) is 5.25. The smallest absolute Gasteiger partial charge is 0.478 e.